The van der Waals surface area contributed by atoms with Crippen LogP contribution in [0.15, 0.2) is 65.6 Å². The number of benzene rings is 3. The summed E-state index contributed by atoms with van der Waals surface area (Å²) in [6.45, 7) is 3.16. The normalized spacial score (nSPS) is 15.4. The molecule has 1 aliphatic rings. The molecular weight excluding hydrogens is 492 g/mol. The minimum absolute atomic E-state index is 0.0754. The highest BCUT2D eigenvalue weighted by Crippen LogP contribution is 2.36. The van der Waals surface area contributed by atoms with Crippen LogP contribution in [0.25, 0.3) is 10.8 Å². The summed E-state index contributed by atoms with van der Waals surface area (Å²) in [5.41, 5.74) is 6.63. The first kappa shape index (κ1) is 26.2. The van der Waals surface area contributed by atoms with Gasteiger partial charge < -0.3 is 10.8 Å². The van der Waals surface area contributed by atoms with Gasteiger partial charge in [-0.25, -0.2) is 0 Å². The van der Waals surface area contributed by atoms with E-state index in [4.69, 9.17) is 5.73 Å². The summed E-state index contributed by atoms with van der Waals surface area (Å²) in [5.74, 6) is -4.63. The van der Waals surface area contributed by atoms with Crippen LogP contribution in [0.3, 0.4) is 0 Å². The van der Waals surface area contributed by atoms with Gasteiger partial charge in [-0.1, -0.05) is 73.6 Å². The lowest BCUT2D eigenvalue weighted by molar-refractivity contribution is -0.141. The topological polar surface area (TPSA) is 135 Å². The third-order valence-electron chi connectivity index (χ3n) is 6.45. The van der Waals surface area contributed by atoms with Crippen LogP contribution in [0.5, 0.6) is 0 Å². The highest BCUT2D eigenvalue weighted by molar-refractivity contribution is 8.13. The molecule has 190 valence electrons. The number of carboxylic acids is 1. The number of fused-ring (bicyclic) bond motifs is 2. The maximum Gasteiger partial charge on any atom is 0.321 e. The third kappa shape index (κ3) is 4.92. The van der Waals surface area contributed by atoms with Crippen LogP contribution in [0, 0.1) is 0 Å². The van der Waals surface area contributed by atoms with Gasteiger partial charge in [0.2, 0.25) is 0 Å². The molecule has 2 amide bonds. The Balaban J connectivity index is 1.79. The number of hydrogen-bond donors (Lipinski definition) is 2. The number of rotatable bonds is 9. The fourth-order valence-corrected chi connectivity index (χ4v) is 5.52. The van der Waals surface area contributed by atoms with Crippen molar-refractivity contribution in [2.24, 2.45) is 5.73 Å². The number of carbonyl (C=O) groups is 5. The number of hydrogen-bond acceptors (Lipinski definition) is 7. The molecule has 0 aliphatic carbocycles. The van der Waals surface area contributed by atoms with E-state index in [1.807, 2.05) is 24.3 Å². The van der Waals surface area contributed by atoms with Gasteiger partial charge in [0.05, 0.1) is 23.1 Å². The van der Waals surface area contributed by atoms with Gasteiger partial charge in [-0.15, -0.1) is 0 Å². The van der Waals surface area contributed by atoms with Crippen molar-refractivity contribution in [3.63, 3.8) is 0 Å². The highest BCUT2D eigenvalue weighted by atomic mass is 32.2. The summed E-state index contributed by atoms with van der Waals surface area (Å²) in [6.07, 6.45) is 0.585. The lowest BCUT2D eigenvalue weighted by Crippen LogP contribution is -2.51. The number of Topliss-reactive ketones (excluding diaryl/α,β-unsaturated/α-hetero) is 1. The Morgan fingerprint density at radius 2 is 1.68 bits per heavy atom. The van der Waals surface area contributed by atoms with Crippen LogP contribution in [0.2, 0.25) is 0 Å². The van der Waals surface area contributed by atoms with Crippen molar-refractivity contribution in [1.29, 1.82) is 0 Å². The number of aliphatic carboxylic acids is 1. The molecular formula is C28H26N2O6S. The Morgan fingerprint density at radius 3 is 2.32 bits per heavy atom. The first-order valence-corrected chi connectivity index (χ1v) is 12.7. The van der Waals surface area contributed by atoms with Crippen molar-refractivity contribution in [2.45, 2.75) is 49.6 Å². The molecule has 1 heterocycles. The first-order chi connectivity index (χ1) is 17.6. The molecule has 0 spiro atoms. The fourth-order valence-electron chi connectivity index (χ4n) is 4.77. The summed E-state index contributed by atoms with van der Waals surface area (Å²) in [6, 6.07) is 14.4. The molecule has 37 heavy (non-hydrogen) atoms. The number of nitrogens with two attached hydrogens (primary N) is 1. The minimum atomic E-state index is -1.59. The van der Waals surface area contributed by atoms with Gasteiger partial charge in [-0.3, -0.25) is 28.9 Å². The second kappa shape index (κ2) is 10.7. The summed E-state index contributed by atoms with van der Waals surface area (Å²) in [5, 5.41) is 11.2. The van der Waals surface area contributed by atoms with Crippen LogP contribution in [0.4, 0.5) is 0 Å². The number of nitrogens with zero attached hydrogens (tertiary/aromatic N) is 1. The summed E-state index contributed by atoms with van der Waals surface area (Å²) in [4.78, 5) is 66.0. The molecule has 3 atom stereocenters. The van der Waals surface area contributed by atoms with E-state index in [0.29, 0.717) is 16.9 Å². The number of thioether (sulfide) groups is 1. The SMILES string of the molecule is CCC[C@@H](C(=O)[C@@H](c1ccc2ccccc2c1)[C@H](N)C(=O)O)N1C(=O)c2cccc(SC(C)=O)c2C1=O. The maximum absolute atomic E-state index is 14.1. The molecule has 0 radical (unpaired) electrons. The van der Waals surface area contributed by atoms with Gasteiger partial charge in [0.1, 0.15) is 6.04 Å². The Bertz CT molecular complexity index is 1440. The van der Waals surface area contributed by atoms with Crippen molar-refractivity contribution in [3.05, 3.63) is 77.4 Å². The predicted octanol–water partition coefficient (Wildman–Crippen LogP) is 4.01. The Hall–Kier alpha value is -3.82. The molecule has 0 bridgehead atoms. The molecule has 0 saturated carbocycles. The summed E-state index contributed by atoms with van der Waals surface area (Å²) in [7, 11) is 0. The van der Waals surface area contributed by atoms with E-state index in [9.17, 15) is 29.1 Å². The lowest BCUT2D eigenvalue weighted by atomic mass is 9.82. The molecule has 9 heteroatoms. The zero-order valence-electron chi connectivity index (χ0n) is 20.3. The van der Waals surface area contributed by atoms with Crippen LogP contribution in [-0.2, 0) is 14.4 Å². The Morgan fingerprint density at radius 1 is 0.973 bits per heavy atom. The monoisotopic (exact) mass is 518 g/mol. The van der Waals surface area contributed by atoms with Crippen LogP contribution >= 0.6 is 11.8 Å². The average molecular weight is 519 g/mol. The molecule has 0 unspecified atom stereocenters. The number of carbonyl (C=O) groups excluding carboxylic acids is 4. The van der Waals surface area contributed by atoms with E-state index >= 15 is 0 Å². The number of ketones is 1. The van der Waals surface area contributed by atoms with Crippen molar-refractivity contribution in [1.82, 2.24) is 4.90 Å². The van der Waals surface area contributed by atoms with E-state index in [1.165, 1.54) is 13.0 Å². The number of carboxylic acid groups (broad SMARTS) is 1. The van der Waals surface area contributed by atoms with Crippen LogP contribution in [-0.4, -0.2) is 50.8 Å². The van der Waals surface area contributed by atoms with Gasteiger partial charge >= 0.3 is 5.97 Å². The molecule has 1 aliphatic heterocycles. The van der Waals surface area contributed by atoms with E-state index < -0.39 is 41.6 Å². The summed E-state index contributed by atoms with van der Waals surface area (Å²) < 4.78 is 0. The standard InChI is InChI=1S/C28H26N2O6S/c1-3-7-20(30-26(33)19-10-6-11-21(37-15(2)31)23(19)27(30)34)25(32)22(24(29)28(35)36)18-13-12-16-8-4-5-9-17(16)14-18/h4-6,8-14,20,22,24H,3,7,29H2,1-2H3,(H,35,36)/t20-,22-,24-/m0/s1. The second-order valence-corrected chi connectivity index (χ2v) is 10.1. The quantitative estimate of drug-likeness (QED) is 0.320. The summed E-state index contributed by atoms with van der Waals surface area (Å²) >= 11 is 0.837. The van der Waals surface area contributed by atoms with Gasteiger partial charge in [0, 0.05) is 11.8 Å². The van der Waals surface area contributed by atoms with Crippen molar-refractivity contribution in [2.75, 3.05) is 0 Å². The smallest absolute Gasteiger partial charge is 0.321 e. The van der Waals surface area contributed by atoms with Gasteiger partial charge in [0.15, 0.2) is 10.9 Å². The molecule has 3 aromatic carbocycles. The maximum atomic E-state index is 14.1. The van der Waals surface area contributed by atoms with Gasteiger partial charge in [0.25, 0.3) is 11.8 Å². The molecule has 3 N–H and O–H groups in total. The lowest BCUT2D eigenvalue weighted by Gasteiger charge is -2.30. The van der Waals surface area contributed by atoms with E-state index in [0.717, 1.165) is 27.4 Å². The zero-order chi connectivity index (χ0) is 26.9. The predicted molar refractivity (Wildman–Crippen MR) is 139 cm³/mol. The molecule has 0 aromatic heterocycles. The molecule has 3 aromatic rings. The highest BCUT2D eigenvalue weighted by Gasteiger charge is 2.47. The van der Waals surface area contributed by atoms with Crippen molar-refractivity contribution >= 4 is 51.2 Å². The van der Waals surface area contributed by atoms with Crippen molar-refractivity contribution in [3.8, 4) is 0 Å². The molecule has 0 fully saturated rings. The average Bonchev–Trinajstić information content (AvgIpc) is 3.12. The zero-order valence-corrected chi connectivity index (χ0v) is 21.2. The largest absolute Gasteiger partial charge is 0.480 e. The molecule has 8 nitrogen and oxygen atoms in total. The van der Waals surface area contributed by atoms with Gasteiger partial charge in [-0.05, 0) is 34.9 Å². The second-order valence-electron chi connectivity index (χ2n) is 8.91. The Labute approximate surface area is 217 Å². The first-order valence-electron chi connectivity index (χ1n) is 11.9. The van der Waals surface area contributed by atoms with Crippen molar-refractivity contribution < 1.29 is 29.1 Å². The van der Waals surface area contributed by atoms with Crippen LogP contribution in [0.1, 0.15) is 58.9 Å². The van der Waals surface area contributed by atoms with Crippen LogP contribution < -0.4 is 5.73 Å². The van der Waals surface area contributed by atoms with Gasteiger partial charge in [-0.2, -0.15) is 0 Å². The fraction of sp³-hybridized carbons (Fsp3) is 0.250. The molecule has 4 rings (SSSR count). The van der Waals surface area contributed by atoms with E-state index in [1.54, 1.807) is 37.3 Å². The minimum Gasteiger partial charge on any atom is -0.480 e. The van der Waals surface area contributed by atoms with E-state index in [2.05, 4.69) is 0 Å². The molecule has 0 saturated heterocycles. The third-order valence-corrected chi connectivity index (χ3v) is 7.30. The Kier molecular flexibility index (Phi) is 7.56. The number of amides is 2. The number of imide groups is 1. The van der Waals surface area contributed by atoms with E-state index in [-0.39, 0.29) is 22.7 Å².